The number of allylic oxidation sites excluding steroid dienone is 2. The van der Waals surface area contributed by atoms with Crippen LogP contribution >= 0.6 is 0 Å². The predicted octanol–water partition coefficient (Wildman–Crippen LogP) is 0.400. The molecule has 0 aromatic heterocycles. The molecule has 1 rings (SSSR count). The minimum atomic E-state index is 0.151. The molecule has 1 aliphatic carbocycles. The summed E-state index contributed by atoms with van der Waals surface area (Å²) in [6, 6.07) is 0. The summed E-state index contributed by atoms with van der Waals surface area (Å²) in [6.07, 6.45) is 5.86. The van der Waals surface area contributed by atoms with Crippen molar-refractivity contribution in [2.75, 3.05) is 6.54 Å². The zero-order valence-electron chi connectivity index (χ0n) is 5.13. The molecular formula is C7H9NO. The highest BCUT2D eigenvalue weighted by molar-refractivity contribution is 5.93. The average molecular weight is 123 g/mol. The molecular weight excluding hydrogens is 114 g/mol. The second-order valence-corrected chi connectivity index (χ2v) is 2.00. The standard InChI is InChI=1S/C7H9NO/c8-5-6-2-1-3-7(9)4-6/h1-2,4H,3,5,8H2. The Labute approximate surface area is 54.0 Å². The molecule has 0 fully saturated rings. The lowest BCUT2D eigenvalue weighted by Gasteiger charge is -2.00. The number of ketones is 1. The molecule has 2 N–H and O–H groups in total. The highest BCUT2D eigenvalue weighted by atomic mass is 16.1. The van der Waals surface area contributed by atoms with Crippen molar-refractivity contribution in [1.29, 1.82) is 0 Å². The van der Waals surface area contributed by atoms with Crippen LogP contribution in [0.1, 0.15) is 6.42 Å². The van der Waals surface area contributed by atoms with Crippen LogP contribution in [0.2, 0.25) is 0 Å². The second kappa shape index (κ2) is 2.60. The van der Waals surface area contributed by atoms with E-state index in [9.17, 15) is 4.79 Å². The van der Waals surface area contributed by atoms with Gasteiger partial charge in [0.1, 0.15) is 0 Å². The van der Waals surface area contributed by atoms with Crippen molar-refractivity contribution in [3.63, 3.8) is 0 Å². The van der Waals surface area contributed by atoms with Gasteiger partial charge in [-0.1, -0.05) is 12.2 Å². The van der Waals surface area contributed by atoms with Crippen molar-refractivity contribution < 1.29 is 4.79 Å². The van der Waals surface area contributed by atoms with Gasteiger partial charge in [0.05, 0.1) is 0 Å². The van der Waals surface area contributed by atoms with Crippen molar-refractivity contribution in [3.8, 4) is 0 Å². The van der Waals surface area contributed by atoms with Crippen LogP contribution in [0.4, 0.5) is 0 Å². The molecule has 0 aromatic rings. The molecule has 48 valence electrons. The number of rotatable bonds is 1. The Morgan fingerprint density at radius 3 is 2.89 bits per heavy atom. The van der Waals surface area contributed by atoms with E-state index in [-0.39, 0.29) is 5.78 Å². The van der Waals surface area contributed by atoms with E-state index < -0.39 is 0 Å². The lowest BCUT2D eigenvalue weighted by atomic mass is 10.1. The Morgan fingerprint density at radius 1 is 1.67 bits per heavy atom. The largest absolute Gasteiger partial charge is 0.326 e. The van der Waals surface area contributed by atoms with Crippen LogP contribution < -0.4 is 5.73 Å². The van der Waals surface area contributed by atoms with Crippen molar-refractivity contribution in [2.24, 2.45) is 5.73 Å². The van der Waals surface area contributed by atoms with Gasteiger partial charge in [-0.2, -0.15) is 0 Å². The summed E-state index contributed by atoms with van der Waals surface area (Å²) in [7, 11) is 0. The van der Waals surface area contributed by atoms with Gasteiger partial charge in [-0.15, -0.1) is 0 Å². The van der Waals surface area contributed by atoms with Crippen LogP contribution in [0.3, 0.4) is 0 Å². The molecule has 0 spiro atoms. The molecule has 0 heterocycles. The molecule has 0 saturated heterocycles. The topological polar surface area (TPSA) is 43.1 Å². The molecule has 2 heteroatoms. The summed E-state index contributed by atoms with van der Waals surface area (Å²) >= 11 is 0. The predicted molar refractivity (Wildman–Crippen MR) is 35.9 cm³/mol. The second-order valence-electron chi connectivity index (χ2n) is 2.00. The molecule has 0 bridgehead atoms. The summed E-state index contributed by atoms with van der Waals surface area (Å²) in [5.41, 5.74) is 6.22. The van der Waals surface area contributed by atoms with Crippen molar-refractivity contribution in [3.05, 3.63) is 23.8 Å². The van der Waals surface area contributed by atoms with E-state index in [1.165, 1.54) is 0 Å². The smallest absolute Gasteiger partial charge is 0.159 e. The Balaban J connectivity index is 2.70. The highest BCUT2D eigenvalue weighted by Gasteiger charge is 2.00. The van der Waals surface area contributed by atoms with Crippen LogP contribution in [0, 0.1) is 0 Å². The van der Waals surface area contributed by atoms with E-state index in [0.29, 0.717) is 13.0 Å². The van der Waals surface area contributed by atoms with E-state index in [0.717, 1.165) is 5.57 Å². The lowest BCUT2D eigenvalue weighted by molar-refractivity contribution is -0.113. The highest BCUT2D eigenvalue weighted by Crippen LogP contribution is 2.03. The normalized spacial score (nSPS) is 17.9. The summed E-state index contributed by atoms with van der Waals surface area (Å²) < 4.78 is 0. The molecule has 0 saturated carbocycles. The van der Waals surface area contributed by atoms with Gasteiger partial charge in [0.15, 0.2) is 5.78 Å². The molecule has 9 heavy (non-hydrogen) atoms. The van der Waals surface area contributed by atoms with Gasteiger partial charge in [-0.05, 0) is 11.6 Å². The number of carbonyl (C=O) groups is 1. The van der Waals surface area contributed by atoms with Gasteiger partial charge < -0.3 is 5.73 Å². The third-order valence-electron chi connectivity index (χ3n) is 1.23. The van der Waals surface area contributed by atoms with Crippen molar-refractivity contribution in [2.45, 2.75) is 6.42 Å². The van der Waals surface area contributed by atoms with Gasteiger partial charge >= 0.3 is 0 Å². The monoisotopic (exact) mass is 123 g/mol. The molecule has 0 atom stereocenters. The fourth-order valence-corrected chi connectivity index (χ4v) is 0.767. The van der Waals surface area contributed by atoms with Gasteiger partial charge in [0.25, 0.3) is 0 Å². The Morgan fingerprint density at radius 2 is 2.44 bits per heavy atom. The van der Waals surface area contributed by atoms with E-state index in [1.54, 1.807) is 6.08 Å². The van der Waals surface area contributed by atoms with Crippen LogP contribution in [0.25, 0.3) is 0 Å². The number of hydrogen-bond donors (Lipinski definition) is 1. The van der Waals surface area contributed by atoms with Crippen molar-refractivity contribution in [1.82, 2.24) is 0 Å². The minimum Gasteiger partial charge on any atom is -0.326 e. The Bertz CT molecular complexity index is 179. The average Bonchev–Trinajstić information content (AvgIpc) is 1.88. The van der Waals surface area contributed by atoms with E-state index >= 15 is 0 Å². The maximum Gasteiger partial charge on any atom is 0.159 e. The summed E-state index contributed by atoms with van der Waals surface area (Å²) in [6.45, 7) is 0.461. The SMILES string of the molecule is NCC1=CC(=O)CC=C1. The zero-order valence-corrected chi connectivity index (χ0v) is 5.13. The number of nitrogens with two attached hydrogens (primary N) is 1. The molecule has 0 aromatic carbocycles. The zero-order chi connectivity index (χ0) is 6.69. The summed E-state index contributed by atoms with van der Waals surface area (Å²) in [4.78, 5) is 10.6. The first-order valence-corrected chi connectivity index (χ1v) is 2.93. The fourth-order valence-electron chi connectivity index (χ4n) is 0.767. The molecule has 0 unspecified atom stereocenters. The Kier molecular flexibility index (Phi) is 1.80. The molecule has 0 amide bonds. The van der Waals surface area contributed by atoms with E-state index in [1.807, 2.05) is 12.2 Å². The summed E-state index contributed by atoms with van der Waals surface area (Å²) in [5.74, 6) is 0.151. The molecule has 0 radical (unpaired) electrons. The first-order chi connectivity index (χ1) is 4.33. The van der Waals surface area contributed by atoms with Gasteiger partial charge in [-0.3, -0.25) is 4.79 Å². The van der Waals surface area contributed by atoms with Gasteiger partial charge in [-0.25, -0.2) is 0 Å². The first-order valence-electron chi connectivity index (χ1n) is 2.93. The van der Waals surface area contributed by atoms with Gasteiger partial charge in [0, 0.05) is 13.0 Å². The number of hydrogen-bond acceptors (Lipinski definition) is 2. The summed E-state index contributed by atoms with van der Waals surface area (Å²) in [5, 5.41) is 0. The number of carbonyl (C=O) groups excluding carboxylic acids is 1. The first kappa shape index (κ1) is 6.23. The van der Waals surface area contributed by atoms with Crippen LogP contribution in [0.15, 0.2) is 23.8 Å². The third kappa shape index (κ3) is 1.50. The van der Waals surface area contributed by atoms with Gasteiger partial charge in [0.2, 0.25) is 0 Å². The Hall–Kier alpha value is -0.890. The maximum absolute atomic E-state index is 10.6. The molecule has 2 nitrogen and oxygen atoms in total. The van der Waals surface area contributed by atoms with Crippen LogP contribution in [-0.4, -0.2) is 12.3 Å². The fraction of sp³-hybridized carbons (Fsp3) is 0.286. The quantitative estimate of drug-likeness (QED) is 0.548. The third-order valence-corrected chi connectivity index (χ3v) is 1.23. The van der Waals surface area contributed by atoms with E-state index in [4.69, 9.17) is 5.73 Å². The minimum absolute atomic E-state index is 0.151. The maximum atomic E-state index is 10.6. The molecule has 1 aliphatic rings. The van der Waals surface area contributed by atoms with E-state index in [2.05, 4.69) is 0 Å². The van der Waals surface area contributed by atoms with Crippen LogP contribution in [-0.2, 0) is 4.79 Å². The van der Waals surface area contributed by atoms with Crippen LogP contribution in [0.5, 0.6) is 0 Å². The molecule has 0 aliphatic heterocycles. The van der Waals surface area contributed by atoms with Crippen molar-refractivity contribution >= 4 is 5.78 Å². The lowest BCUT2D eigenvalue weighted by Crippen LogP contribution is -2.06.